The molecule has 0 saturated heterocycles. The Morgan fingerprint density at radius 3 is 2.64 bits per heavy atom. The third kappa shape index (κ3) is 4.44. The van der Waals surface area contributed by atoms with Crippen molar-refractivity contribution in [2.24, 2.45) is 0 Å². The van der Waals surface area contributed by atoms with Gasteiger partial charge in [0.05, 0.1) is 5.60 Å². The van der Waals surface area contributed by atoms with E-state index in [1.54, 1.807) is 13.8 Å². The number of hydrogen-bond donors (Lipinski definition) is 2. The molecule has 3 heteroatoms. The fraction of sp³-hybridized carbons (Fsp3) is 0.636. The minimum atomic E-state index is -0.640. The van der Waals surface area contributed by atoms with Crippen LogP contribution >= 0.6 is 0 Å². The summed E-state index contributed by atoms with van der Waals surface area (Å²) < 4.78 is 5.41. The van der Waals surface area contributed by atoms with E-state index in [1.807, 2.05) is 19.1 Å². The zero-order chi connectivity index (χ0) is 10.6. The quantitative estimate of drug-likeness (QED) is 0.703. The monoisotopic (exact) mass is 197 g/mol. The fourth-order valence-corrected chi connectivity index (χ4v) is 1.23. The maximum atomic E-state index is 9.43. The van der Waals surface area contributed by atoms with Crippen molar-refractivity contribution in [3.8, 4) is 0 Å². The van der Waals surface area contributed by atoms with Crippen LogP contribution in [0.15, 0.2) is 16.5 Å². The molecule has 1 rings (SSSR count). The van der Waals surface area contributed by atoms with Crippen LogP contribution in [0.2, 0.25) is 0 Å². The number of aliphatic hydroxyl groups is 1. The topological polar surface area (TPSA) is 45.4 Å². The standard InChI is InChI=1S/C11H19NO2/c1-9-4-5-10(14-9)6-7-12-8-11(2,3)13/h4-5,12-13H,6-8H2,1-3H3. The molecule has 0 aliphatic rings. The first kappa shape index (κ1) is 11.3. The Morgan fingerprint density at radius 1 is 1.43 bits per heavy atom. The van der Waals surface area contributed by atoms with Gasteiger partial charge in [-0.2, -0.15) is 0 Å². The van der Waals surface area contributed by atoms with E-state index in [1.165, 1.54) is 0 Å². The van der Waals surface area contributed by atoms with Gasteiger partial charge in [-0.1, -0.05) is 0 Å². The molecular formula is C11H19NO2. The van der Waals surface area contributed by atoms with Gasteiger partial charge in [-0.05, 0) is 32.9 Å². The Balaban J connectivity index is 2.16. The fourth-order valence-electron chi connectivity index (χ4n) is 1.23. The summed E-state index contributed by atoms with van der Waals surface area (Å²) in [5.74, 6) is 1.94. The van der Waals surface area contributed by atoms with Gasteiger partial charge in [-0.15, -0.1) is 0 Å². The highest BCUT2D eigenvalue weighted by atomic mass is 16.3. The van der Waals surface area contributed by atoms with Crippen LogP contribution in [0.25, 0.3) is 0 Å². The van der Waals surface area contributed by atoms with E-state index in [2.05, 4.69) is 5.32 Å². The summed E-state index contributed by atoms with van der Waals surface area (Å²) in [7, 11) is 0. The van der Waals surface area contributed by atoms with E-state index >= 15 is 0 Å². The van der Waals surface area contributed by atoms with Crippen molar-refractivity contribution in [1.82, 2.24) is 5.32 Å². The van der Waals surface area contributed by atoms with E-state index in [-0.39, 0.29) is 0 Å². The number of hydrogen-bond acceptors (Lipinski definition) is 3. The highest BCUT2D eigenvalue weighted by molar-refractivity contribution is 5.05. The van der Waals surface area contributed by atoms with Gasteiger partial charge in [0.1, 0.15) is 11.5 Å². The van der Waals surface area contributed by atoms with Gasteiger partial charge in [-0.25, -0.2) is 0 Å². The minimum absolute atomic E-state index is 0.604. The zero-order valence-electron chi connectivity index (χ0n) is 9.13. The van der Waals surface area contributed by atoms with E-state index in [0.29, 0.717) is 6.54 Å². The van der Waals surface area contributed by atoms with Gasteiger partial charge in [0, 0.05) is 19.5 Å². The molecule has 80 valence electrons. The molecule has 0 aromatic carbocycles. The molecule has 3 nitrogen and oxygen atoms in total. The first-order valence-corrected chi connectivity index (χ1v) is 4.96. The summed E-state index contributed by atoms with van der Waals surface area (Å²) in [6.07, 6.45) is 0.865. The first-order valence-electron chi connectivity index (χ1n) is 4.96. The van der Waals surface area contributed by atoms with Crippen molar-refractivity contribution < 1.29 is 9.52 Å². The summed E-state index contributed by atoms with van der Waals surface area (Å²) in [4.78, 5) is 0. The lowest BCUT2D eigenvalue weighted by atomic mass is 10.1. The van der Waals surface area contributed by atoms with E-state index < -0.39 is 5.60 Å². The summed E-state index contributed by atoms with van der Waals surface area (Å²) in [6.45, 7) is 6.95. The molecule has 1 aromatic rings. The van der Waals surface area contributed by atoms with E-state index in [0.717, 1.165) is 24.5 Å². The smallest absolute Gasteiger partial charge is 0.105 e. The van der Waals surface area contributed by atoms with Crippen LogP contribution in [0.4, 0.5) is 0 Å². The van der Waals surface area contributed by atoms with Crippen molar-refractivity contribution in [3.63, 3.8) is 0 Å². The average Bonchev–Trinajstić information content (AvgIpc) is 2.44. The van der Waals surface area contributed by atoms with Gasteiger partial charge in [0.15, 0.2) is 0 Å². The second kappa shape index (κ2) is 4.62. The molecule has 0 unspecified atom stereocenters. The van der Waals surface area contributed by atoms with Crippen LogP contribution in [0.5, 0.6) is 0 Å². The molecule has 2 N–H and O–H groups in total. The maximum Gasteiger partial charge on any atom is 0.105 e. The van der Waals surface area contributed by atoms with Gasteiger partial charge in [0.25, 0.3) is 0 Å². The molecule has 0 bridgehead atoms. The first-order chi connectivity index (χ1) is 6.47. The van der Waals surface area contributed by atoms with Gasteiger partial charge in [0.2, 0.25) is 0 Å². The molecule has 0 fully saturated rings. The van der Waals surface area contributed by atoms with E-state index in [9.17, 15) is 5.11 Å². The average molecular weight is 197 g/mol. The van der Waals surface area contributed by atoms with Crippen LogP contribution in [-0.2, 0) is 6.42 Å². The van der Waals surface area contributed by atoms with Crippen LogP contribution in [0.3, 0.4) is 0 Å². The lowest BCUT2D eigenvalue weighted by molar-refractivity contribution is 0.0800. The second-order valence-corrected chi connectivity index (χ2v) is 4.25. The maximum absolute atomic E-state index is 9.43. The van der Waals surface area contributed by atoms with E-state index in [4.69, 9.17) is 4.42 Å². The number of aryl methyl sites for hydroxylation is 1. The zero-order valence-corrected chi connectivity index (χ0v) is 9.13. The normalized spacial score (nSPS) is 12.0. The lowest BCUT2D eigenvalue weighted by Gasteiger charge is -2.17. The molecule has 0 aliphatic carbocycles. The van der Waals surface area contributed by atoms with Crippen molar-refractivity contribution in [3.05, 3.63) is 23.7 Å². The van der Waals surface area contributed by atoms with Crippen LogP contribution in [-0.4, -0.2) is 23.8 Å². The van der Waals surface area contributed by atoms with Crippen LogP contribution < -0.4 is 5.32 Å². The largest absolute Gasteiger partial charge is 0.466 e. The molecule has 14 heavy (non-hydrogen) atoms. The number of furan rings is 1. The predicted molar refractivity (Wildman–Crippen MR) is 56.3 cm³/mol. The summed E-state index contributed by atoms with van der Waals surface area (Å²) >= 11 is 0. The van der Waals surface area contributed by atoms with Crippen molar-refractivity contribution in [1.29, 1.82) is 0 Å². The Morgan fingerprint density at radius 2 is 2.14 bits per heavy atom. The SMILES string of the molecule is Cc1ccc(CCNCC(C)(C)O)o1. The number of rotatable bonds is 5. The predicted octanol–water partition coefficient (Wildman–Crippen LogP) is 1.49. The molecule has 1 heterocycles. The third-order valence-electron chi connectivity index (χ3n) is 1.90. The summed E-state index contributed by atoms with van der Waals surface area (Å²) in [6, 6.07) is 3.95. The molecule has 0 spiro atoms. The minimum Gasteiger partial charge on any atom is -0.466 e. The molecule has 0 amide bonds. The Kier molecular flexibility index (Phi) is 3.72. The van der Waals surface area contributed by atoms with Crippen LogP contribution in [0, 0.1) is 6.92 Å². The number of nitrogens with one attached hydrogen (secondary N) is 1. The van der Waals surface area contributed by atoms with Crippen LogP contribution in [0.1, 0.15) is 25.4 Å². The summed E-state index contributed by atoms with van der Waals surface area (Å²) in [5, 5.41) is 12.6. The van der Waals surface area contributed by atoms with Crippen molar-refractivity contribution >= 4 is 0 Å². The molecule has 0 aliphatic heterocycles. The molecule has 0 radical (unpaired) electrons. The third-order valence-corrected chi connectivity index (χ3v) is 1.90. The Bertz CT molecular complexity index is 273. The van der Waals surface area contributed by atoms with Crippen molar-refractivity contribution in [2.45, 2.75) is 32.8 Å². The Hall–Kier alpha value is -0.800. The molecular weight excluding hydrogens is 178 g/mol. The molecule has 1 aromatic heterocycles. The highest BCUT2D eigenvalue weighted by Crippen LogP contribution is 2.06. The van der Waals surface area contributed by atoms with Gasteiger partial charge < -0.3 is 14.8 Å². The molecule has 0 atom stereocenters. The van der Waals surface area contributed by atoms with Gasteiger partial charge >= 0.3 is 0 Å². The van der Waals surface area contributed by atoms with Gasteiger partial charge in [-0.3, -0.25) is 0 Å². The highest BCUT2D eigenvalue weighted by Gasteiger charge is 2.10. The Labute approximate surface area is 85.1 Å². The van der Waals surface area contributed by atoms with Crippen molar-refractivity contribution in [2.75, 3.05) is 13.1 Å². The second-order valence-electron chi connectivity index (χ2n) is 4.25. The summed E-state index contributed by atoms with van der Waals surface area (Å²) in [5.41, 5.74) is -0.640. The molecule has 0 saturated carbocycles. The lowest BCUT2D eigenvalue weighted by Crippen LogP contribution is -2.35.